The first-order valence-corrected chi connectivity index (χ1v) is 7.07. The average molecular weight is 269 g/mol. The van der Waals surface area contributed by atoms with Gasteiger partial charge >= 0.3 is 0 Å². The van der Waals surface area contributed by atoms with Gasteiger partial charge in [0.25, 0.3) is 0 Å². The molecule has 2 aromatic rings. The first kappa shape index (κ1) is 13.1. The minimum Gasteiger partial charge on any atom is -0.493 e. The van der Waals surface area contributed by atoms with Gasteiger partial charge in [-0.3, -0.25) is 0 Å². The molecule has 1 aliphatic heterocycles. The van der Waals surface area contributed by atoms with Gasteiger partial charge in [-0.25, -0.2) is 9.97 Å². The van der Waals surface area contributed by atoms with Crippen molar-refractivity contribution in [1.82, 2.24) is 9.97 Å². The Bertz CT molecular complexity index is 625. The maximum absolute atomic E-state index is 5.56. The van der Waals surface area contributed by atoms with Gasteiger partial charge in [0.15, 0.2) is 0 Å². The molecule has 0 radical (unpaired) electrons. The Balaban J connectivity index is 1.94. The molecule has 1 aliphatic rings. The number of aromatic nitrogens is 2. The van der Waals surface area contributed by atoms with Crippen molar-refractivity contribution in [3.05, 3.63) is 41.3 Å². The number of fused-ring (bicyclic) bond motifs is 1. The fourth-order valence-electron chi connectivity index (χ4n) is 2.50. The summed E-state index contributed by atoms with van der Waals surface area (Å²) in [6.07, 6.45) is 2.73. The lowest BCUT2D eigenvalue weighted by Gasteiger charge is -2.07. The van der Waals surface area contributed by atoms with Crippen molar-refractivity contribution in [3.8, 4) is 17.0 Å². The number of ether oxygens (including phenoxy) is 1. The predicted molar refractivity (Wildman–Crippen MR) is 78.8 cm³/mol. The Morgan fingerprint density at radius 2 is 2.15 bits per heavy atom. The van der Waals surface area contributed by atoms with Gasteiger partial charge < -0.3 is 10.5 Å². The quantitative estimate of drug-likeness (QED) is 0.925. The Hall–Kier alpha value is -1.94. The van der Waals surface area contributed by atoms with Crippen molar-refractivity contribution in [2.24, 2.45) is 5.73 Å². The summed E-state index contributed by atoms with van der Waals surface area (Å²) in [5.41, 5.74) is 9.94. The van der Waals surface area contributed by atoms with Gasteiger partial charge in [-0.1, -0.05) is 0 Å². The number of hydrogen-bond acceptors (Lipinski definition) is 4. The highest BCUT2D eigenvalue weighted by atomic mass is 16.5. The summed E-state index contributed by atoms with van der Waals surface area (Å²) in [4.78, 5) is 9.14. The minimum absolute atomic E-state index is 0.669. The van der Waals surface area contributed by atoms with E-state index in [1.54, 1.807) is 0 Å². The molecule has 0 amide bonds. The second kappa shape index (κ2) is 5.59. The van der Waals surface area contributed by atoms with E-state index in [0.29, 0.717) is 6.54 Å². The Morgan fingerprint density at radius 3 is 3.00 bits per heavy atom. The van der Waals surface area contributed by atoms with E-state index >= 15 is 0 Å². The summed E-state index contributed by atoms with van der Waals surface area (Å²) in [5, 5.41) is 0. The lowest BCUT2D eigenvalue weighted by atomic mass is 10.1. The van der Waals surface area contributed by atoms with Crippen LogP contribution >= 0.6 is 0 Å². The van der Waals surface area contributed by atoms with E-state index in [1.807, 2.05) is 19.1 Å². The van der Waals surface area contributed by atoms with E-state index in [0.717, 1.165) is 54.4 Å². The molecule has 0 spiro atoms. The van der Waals surface area contributed by atoms with Crippen molar-refractivity contribution < 1.29 is 4.74 Å². The predicted octanol–water partition coefficient (Wildman–Crippen LogP) is 2.28. The highest BCUT2D eigenvalue weighted by Gasteiger charge is 2.13. The van der Waals surface area contributed by atoms with E-state index in [1.165, 1.54) is 5.56 Å². The maximum Gasteiger partial charge on any atom is 0.129 e. The van der Waals surface area contributed by atoms with Crippen molar-refractivity contribution in [2.75, 3.05) is 13.2 Å². The topological polar surface area (TPSA) is 61.0 Å². The lowest BCUT2D eigenvalue weighted by molar-refractivity contribution is 0.357. The van der Waals surface area contributed by atoms with Gasteiger partial charge in [0.1, 0.15) is 11.6 Å². The molecular weight excluding hydrogens is 250 g/mol. The molecule has 0 saturated heterocycles. The fourth-order valence-corrected chi connectivity index (χ4v) is 2.50. The molecule has 4 nitrogen and oxygen atoms in total. The number of aryl methyl sites for hydroxylation is 2. The number of benzene rings is 1. The standard InChI is InChI=1S/C16H19N3O/c1-11-9-14(19-16(18-11)3-2-7-17)12-4-5-15-13(10-12)6-8-20-15/h4-5,9-10H,2-3,6-8,17H2,1H3. The lowest BCUT2D eigenvalue weighted by Crippen LogP contribution is -2.04. The average Bonchev–Trinajstić information content (AvgIpc) is 2.92. The van der Waals surface area contributed by atoms with E-state index in [-0.39, 0.29) is 0 Å². The van der Waals surface area contributed by atoms with Crippen molar-refractivity contribution >= 4 is 0 Å². The molecule has 0 saturated carbocycles. The zero-order valence-corrected chi connectivity index (χ0v) is 11.7. The summed E-state index contributed by atoms with van der Waals surface area (Å²) < 4.78 is 5.54. The van der Waals surface area contributed by atoms with Crippen LogP contribution in [0.1, 0.15) is 23.5 Å². The fraction of sp³-hybridized carbons (Fsp3) is 0.375. The van der Waals surface area contributed by atoms with Gasteiger partial charge in [-0.05, 0) is 49.7 Å². The van der Waals surface area contributed by atoms with Crippen LogP contribution in [0.25, 0.3) is 11.3 Å². The van der Waals surface area contributed by atoms with E-state index in [2.05, 4.69) is 22.1 Å². The highest BCUT2D eigenvalue weighted by Crippen LogP contribution is 2.29. The number of hydrogen-bond donors (Lipinski definition) is 1. The highest BCUT2D eigenvalue weighted by molar-refractivity contribution is 5.63. The summed E-state index contributed by atoms with van der Waals surface area (Å²) in [7, 11) is 0. The summed E-state index contributed by atoms with van der Waals surface area (Å²) >= 11 is 0. The molecule has 104 valence electrons. The van der Waals surface area contributed by atoms with E-state index in [9.17, 15) is 0 Å². The van der Waals surface area contributed by atoms with Crippen LogP contribution in [0.4, 0.5) is 0 Å². The second-order valence-corrected chi connectivity index (χ2v) is 5.12. The molecule has 2 heterocycles. The number of nitrogens with zero attached hydrogens (tertiary/aromatic N) is 2. The van der Waals surface area contributed by atoms with Gasteiger partial charge in [0.05, 0.1) is 12.3 Å². The third-order valence-corrected chi connectivity index (χ3v) is 3.49. The smallest absolute Gasteiger partial charge is 0.129 e. The van der Waals surface area contributed by atoms with Gasteiger partial charge in [0.2, 0.25) is 0 Å². The molecule has 0 aliphatic carbocycles. The van der Waals surface area contributed by atoms with Gasteiger partial charge in [0, 0.05) is 24.1 Å². The third-order valence-electron chi connectivity index (χ3n) is 3.49. The molecule has 4 heteroatoms. The first-order chi connectivity index (χ1) is 9.76. The van der Waals surface area contributed by atoms with Crippen LogP contribution in [0.3, 0.4) is 0 Å². The van der Waals surface area contributed by atoms with Crippen molar-refractivity contribution in [3.63, 3.8) is 0 Å². The molecule has 0 fully saturated rings. The molecule has 20 heavy (non-hydrogen) atoms. The monoisotopic (exact) mass is 269 g/mol. The molecular formula is C16H19N3O. The SMILES string of the molecule is Cc1cc(-c2ccc3c(c2)CCO3)nc(CCCN)n1. The van der Waals surface area contributed by atoms with Crippen LogP contribution in [0, 0.1) is 6.92 Å². The Labute approximate surface area is 119 Å². The largest absolute Gasteiger partial charge is 0.493 e. The second-order valence-electron chi connectivity index (χ2n) is 5.12. The summed E-state index contributed by atoms with van der Waals surface area (Å²) in [6, 6.07) is 8.31. The maximum atomic E-state index is 5.56. The zero-order valence-electron chi connectivity index (χ0n) is 11.7. The molecule has 1 aromatic heterocycles. The number of nitrogens with two attached hydrogens (primary N) is 1. The van der Waals surface area contributed by atoms with Crippen LogP contribution in [-0.4, -0.2) is 23.1 Å². The first-order valence-electron chi connectivity index (χ1n) is 7.07. The molecule has 3 rings (SSSR count). The van der Waals surface area contributed by atoms with Gasteiger partial charge in [-0.15, -0.1) is 0 Å². The minimum atomic E-state index is 0.669. The van der Waals surface area contributed by atoms with Crippen molar-refractivity contribution in [2.45, 2.75) is 26.2 Å². The molecule has 0 bridgehead atoms. The molecule has 1 aromatic carbocycles. The van der Waals surface area contributed by atoms with Crippen LogP contribution in [0.2, 0.25) is 0 Å². The Kier molecular flexibility index (Phi) is 3.65. The van der Waals surface area contributed by atoms with Crippen LogP contribution in [-0.2, 0) is 12.8 Å². The Morgan fingerprint density at radius 1 is 1.25 bits per heavy atom. The molecule has 0 unspecified atom stereocenters. The van der Waals surface area contributed by atoms with Crippen LogP contribution in [0.15, 0.2) is 24.3 Å². The zero-order chi connectivity index (χ0) is 13.9. The van der Waals surface area contributed by atoms with Gasteiger partial charge in [-0.2, -0.15) is 0 Å². The van der Waals surface area contributed by atoms with E-state index in [4.69, 9.17) is 10.5 Å². The normalized spacial score (nSPS) is 13.1. The molecule has 0 atom stereocenters. The van der Waals surface area contributed by atoms with E-state index < -0.39 is 0 Å². The summed E-state index contributed by atoms with van der Waals surface area (Å²) in [5.74, 6) is 1.88. The number of rotatable bonds is 4. The third kappa shape index (κ3) is 2.65. The van der Waals surface area contributed by atoms with Crippen LogP contribution < -0.4 is 10.5 Å². The summed E-state index contributed by atoms with van der Waals surface area (Å²) in [6.45, 7) is 3.46. The molecule has 2 N–H and O–H groups in total. The van der Waals surface area contributed by atoms with Crippen LogP contribution in [0.5, 0.6) is 5.75 Å². The van der Waals surface area contributed by atoms with Crippen molar-refractivity contribution in [1.29, 1.82) is 0 Å².